The Balaban J connectivity index is 1.63. The van der Waals surface area contributed by atoms with Crippen LogP contribution in [0.4, 0.5) is 0 Å². The Morgan fingerprint density at radius 1 is 0.909 bits per heavy atom. The van der Waals surface area contributed by atoms with Crippen molar-refractivity contribution in [2.24, 2.45) is 0 Å². The third kappa shape index (κ3) is 7.81. The molecule has 0 saturated heterocycles. The predicted octanol–water partition coefficient (Wildman–Crippen LogP) is 5.55. The van der Waals surface area contributed by atoms with E-state index in [4.69, 9.17) is 17.0 Å². The summed E-state index contributed by atoms with van der Waals surface area (Å²) < 4.78 is 5.33. The Bertz CT molecular complexity index is 1010. The van der Waals surface area contributed by atoms with E-state index in [9.17, 15) is 9.90 Å². The zero-order valence-corrected chi connectivity index (χ0v) is 19.8. The number of carboxylic acid groups (broad SMARTS) is 1. The molecule has 172 valence electrons. The summed E-state index contributed by atoms with van der Waals surface area (Å²) in [5.41, 5.74) is 4.57. The van der Waals surface area contributed by atoms with Gasteiger partial charge in [0.15, 0.2) is 6.10 Å². The molecule has 3 aromatic rings. The lowest BCUT2D eigenvalue weighted by Gasteiger charge is -2.20. The number of aliphatic carboxylic acids is 1. The van der Waals surface area contributed by atoms with Gasteiger partial charge >= 0.3 is 5.97 Å². The second-order valence-electron chi connectivity index (χ2n) is 8.01. The van der Waals surface area contributed by atoms with E-state index in [1.807, 2.05) is 48.5 Å². The lowest BCUT2D eigenvalue weighted by atomic mass is 9.91. The van der Waals surface area contributed by atoms with E-state index in [1.54, 1.807) is 6.92 Å². The van der Waals surface area contributed by atoms with E-state index >= 15 is 0 Å². The van der Waals surface area contributed by atoms with Gasteiger partial charge in [-0.15, -0.1) is 0 Å². The van der Waals surface area contributed by atoms with E-state index in [0.717, 1.165) is 23.4 Å². The first-order valence-corrected chi connectivity index (χ1v) is 11.8. The van der Waals surface area contributed by atoms with Gasteiger partial charge in [0.1, 0.15) is 0 Å². The van der Waals surface area contributed by atoms with E-state index in [2.05, 4.69) is 41.7 Å². The molecule has 0 heterocycles. The van der Waals surface area contributed by atoms with Crippen LogP contribution in [0.3, 0.4) is 0 Å². The van der Waals surface area contributed by atoms with Gasteiger partial charge in [-0.1, -0.05) is 97.1 Å². The molecule has 0 amide bonds. The van der Waals surface area contributed by atoms with Crippen LogP contribution in [-0.4, -0.2) is 28.8 Å². The summed E-state index contributed by atoms with van der Waals surface area (Å²) in [6.07, 6.45) is 1.32. The number of carboxylic acids is 1. The maximum absolute atomic E-state index is 11.3. The van der Waals surface area contributed by atoms with Crippen molar-refractivity contribution >= 4 is 23.2 Å². The minimum absolute atomic E-state index is 0.124. The minimum Gasteiger partial charge on any atom is -0.479 e. The summed E-state index contributed by atoms with van der Waals surface area (Å²) in [6.45, 7) is 2.90. The molecule has 0 aromatic heterocycles. The summed E-state index contributed by atoms with van der Waals surface area (Å²) in [5.74, 6) is -0.804. The van der Waals surface area contributed by atoms with Gasteiger partial charge < -0.3 is 15.2 Å². The lowest BCUT2D eigenvalue weighted by Crippen LogP contribution is -2.27. The van der Waals surface area contributed by atoms with Gasteiger partial charge in [-0.05, 0) is 42.0 Å². The van der Waals surface area contributed by atoms with Gasteiger partial charge in [-0.25, -0.2) is 4.79 Å². The molecule has 0 aliphatic heterocycles. The standard InChI is InChI=1S/C28H31NO3S/c1-2-32-26(28(30)31)19-22-15-13-21(14-16-22)17-18-25(24-11-7-4-8-12-24)27(33)29-20-23-9-5-3-6-10-23/h3-16,25-26H,2,17-20H2,1H3,(H,29,33)(H,30,31)/t25-,26-/m0/s1. The van der Waals surface area contributed by atoms with Crippen LogP contribution in [0.25, 0.3) is 0 Å². The molecule has 2 atom stereocenters. The number of benzene rings is 3. The molecule has 0 unspecified atom stereocenters. The Morgan fingerprint density at radius 3 is 2.12 bits per heavy atom. The smallest absolute Gasteiger partial charge is 0.333 e. The molecule has 0 radical (unpaired) electrons. The molecule has 0 bridgehead atoms. The fraction of sp³-hybridized carbons (Fsp3) is 0.286. The van der Waals surface area contributed by atoms with E-state index < -0.39 is 12.1 Å². The van der Waals surface area contributed by atoms with Crippen molar-refractivity contribution in [3.63, 3.8) is 0 Å². The van der Waals surface area contributed by atoms with Gasteiger partial charge in [0.25, 0.3) is 0 Å². The van der Waals surface area contributed by atoms with E-state index in [1.165, 1.54) is 16.7 Å². The fourth-order valence-electron chi connectivity index (χ4n) is 3.83. The third-order valence-electron chi connectivity index (χ3n) is 5.64. The monoisotopic (exact) mass is 461 g/mol. The van der Waals surface area contributed by atoms with Gasteiger partial charge in [-0.3, -0.25) is 0 Å². The molecule has 0 fully saturated rings. The molecule has 2 N–H and O–H groups in total. The zero-order valence-electron chi connectivity index (χ0n) is 18.9. The summed E-state index contributed by atoms with van der Waals surface area (Å²) >= 11 is 5.81. The molecule has 4 nitrogen and oxygen atoms in total. The highest BCUT2D eigenvalue weighted by Crippen LogP contribution is 2.24. The molecule has 3 rings (SSSR count). The highest BCUT2D eigenvalue weighted by molar-refractivity contribution is 7.80. The number of hydrogen-bond acceptors (Lipinski definition) is 3. The molecule has 0 aliphatic carbocycles. The Labute approximate surface area is 201 Å². The predicted molar refractivity (Wildman–Crippen MR) is 137 cm³/mol. The van der Waals surface area contributed by atoms with Crippen molar-refractivity contribution in [1.82, 2.24) is 5.32 Å². The molecule has 0 spiro atoms. The van der Waals surface area contributed by atoms with E-state index in [0.29, 0.717) is 19.6 Å². The van der Waals surface area contributed by atoms with Crippen molar-refractivity contribution in [2.45, 2.75) is 44.8 Å². The largest absolute Gasteiger partial charge is 0.479 e. The average Bonchev–Trinajstić information content (AvgIpc) is 2.85. The average molecular weight is 462 g/mol. The molecule has 0 saturated carbocycles. The van der Waals surface area contributed by atoms with Crippen molar-refractivity contribution in [3.8, 4) is 0 Å². The number of ether oxygens (including phenoxy) is 1. The van der Waals surface area contributed by atoms with Crippen molar-refractivity contribution in [2.75, 3.05) is 6.61 Å². The van der Waals surface area contributed by atoms with Crippen LogP contribution in [0.2, 0.25) is 0 Å². The molecule has 33 heavy (non-hydrogen) atoms. The summed E-state index contributed by atoms with van der Waals surface area (Å²) in [5, 5.41) is 12.7. The Hall–Kier alpha value is -3.02. The molecular weight excluding hydrogens is 430 g/mol. The van der Waals surface area contributed by atoms with Crippen molar-refractivity contribution in [3.05, 3.63) is 107 Å². The number of rotatable bonds is 12. The van der Waals surface area contributed by atoms with Crippen LogP contribution in [-0.2, 0) is 28.9 Å². The number of hydrogen-bond donors (Lipinski definition) is 2. The van der Waals surface area contributed by atoms with Crippen LogP contribution >= 0.6 is 12.2 Å². The minimum atomic E-state index is -0.928. The molecule has 5 heteroatoms. The lowest BCUT2D eigenvalue weighted by molar-refractivity contribution is -0.149. The summed E-state index contributed by atoms with van der Waals surface area (Å²) in [6, 6.07) is 28.8. The Morgan fingerprint density at radius 2 is 1.52 bits per heavy atom. The second-order valence-corrected chi connectivity index (χ2v) is 8.45. The van der Waals surface area contributed by atoms with Crippen LogP contribution in [0.15, 0.2) is 84.9 Å². The van der Waals surface area contributed by atoms with Gasteiger partial charge in [0.2, 0.25) is 0 Å². The second kappa shape index (κ2) is 12.9. The number of aryl methyl sites for hydroxylation is 1. The first-order valence-electron chi connectivity index (χ1n) is 11.4. The molecule has 3 aromatic carbocycles. The first kappa shape index (κ1) is 24.6. The van der Waals surface area contributed by atoms with E-state index in [-0.39, 0.29) is 5.92 Å². The summed E-state index contributed by atoms with van der Waals surface area (Å²) in [4.78, 5) is 12.2. The van der Waals surface area contributed by atoms with Crippen LogP contribution in [0, 0.1) is 0 Å². The van der Waals surface area contributed by atoms with Crippen molar-refractivity contribution < 1.29 is 14.6 Å². The number of carbonyl (C=O) groups is 1. The summed E-state index contributed by atoms with van der Waals surface area (Å²) in [7, 11) is 0. The quantitative estimate of drug-likeness (QED) is 0.346. The van der Waals surface area contributed by atoms with Crippen LogP contribution in [0.5, 0.6) is 0 Å². The number of thiocarbonyl (C=S) groups is 1. The van der Waals surface area contributed by atoms with Gasteiger partial charge in [0.05, 0.1) is 4.99 Å². The highest BCUT2D eigenvalue weighted by Gasteiger charge is 2.19. The highest BCUT2D eigenvalue weighted by atomic mass is 32.1. The zero-order chi connectivity index (χ0) is 23.5. The van der Waals surface area contributed by atoms with Crippen LogP contribution < -0.4 is 5.32 Å². The molecule has 0 aliphatic rings. The normalized spacial score (nSPS) is 12.6. The molecular formula is C28H31NO3S. The fourth-order valence-corrected chi connectivity index (χ4v) is 4.15. The SMILES string of the molecule is CCO[C@@H](Cc1ccc(CC[C@H](C(=S)NCc2ccccc2)c2ccccc2)cc1)C(=O)O. The Kier molecular flexibility index (Phi) is 9.60. The van der Waals surface area contributed by atoms with Crippen molar-refractivity contribution in [1.29, 1.82) is 0 Å². The maximum atomic E-state index is 11.3. The maximum Gasteiger partial charge on any atom is 0.333 e. The topological polar surface area (TPSA) is 58.6 Å². The van der Waals surface area contributed by atoms with Gasteiger partial charge in [0, 0.05) is 25.5 Å². The van der Waals surface area contributed by atoms with Crippen LogP contribution in [0.1, 0.15) is 41.5 Å². The third-order valence-corrected chi connectivity index (χ3v) is 6.07. The number of nitrogens with one attached hydrogen (secondary N) is 1. The first-order chi connectivity index (χ1) is 16.1. The van der Waals surface area contributed by atoms with Gasteiger partial charge in [-0.2, -0.15) is 0 Å².